The van der Waals surface area contributed by atoms with E-state index in [-0.39, 0.29) is 18.7 Å². The second-order valence-electron chi connectivity index (χ2n) is 6.55. The van der Waals surface area contributed by atoms with Gasteiger partial charge in [0.25, 0.3) is 0 Å². The van der Waals surface area contributed by atoms with Crippen LogP contribution in [0.25, 0.3) is 0 Å². The van der Waals surface area contributed by atoms with Crippen LogP contribution in [-0.2, 0) is 27.2 Å². The van der Waals surface area contributed by atoms with Gasteiger partial charge in [-0.2, -0.15) is 0 Å². The molecule has 0 saturated carbocycles. The first-order valence-corrected chi connectivity index (χ1v) is 9.42. The van der Waals surface area contributed by atoms with Gasteiger partial charge in [0, 0.05) is 38.9 Å². The number of aliphatic imine (C=N–C) groups is 1. The van der Waals surface area contributed by atoms with E-state index in [4.69, 9.17) is 18.9 Å². The topological polar surface area (TPSA) is 73.3 Å². The zero-order valence-electron chi connectivity index (χ0n) is 15.8. The van der Waals surface area contributed by atoms with Crippen molar-refractivity contribution in [2.24, 2.45) is 4.99 Å². The van der Waals surface area contributed by atoms with Crippen LogP contribution in [0.5, 0.6) is 5.75 Å². The third-order valence-corrected chi connectivity index (χ3v) is 4.52. The van der Waals surface area contributed by atoms with E-state index in [1.807, 2.05) is 0 Å². The number of fused-ring (bicyclic) bond motifs is 1. The highest BCUT2D eigenvalue weighted by molar-refractivity contribution is 5.79. The number of nitrogens with one attached hydrogen (secondary N) is 2. The molecule has 3 rings (SSSR count). The average Bonchev–Trinajstić information content (AvgIpc) is 3.19. The van der Waals surface area contributed by atoms with Crippen LogP contribution in [0.4, 0.5) is 4.39 Å². The molecule has 0 aromatic heterocycles. The minimum atomic E-state index is -0.270. The van der Waals surface area contributed by atoms with Crippen molar-refractivity contribution in [3.63, 3.8) is 0 Å². The first-order chi connectivity index (χ1) is 13.3. The Labute approximate surface area is 159 Å². The van der Waals surface area contributed by atoms with E-state index in [2.05, 4.69) is 15.6 Å². The summed E-state index contributed by atoms with van der Waals surface area (Å²) in [4.78, 5) is 4.21. The minimum Gasteiger partial charge on any atom is -0.467 e. The normalized spacial score (nSPS) is 19.5. The lowest BCUT2D eigenvalue weighted by atomic mass is 10.1. The Morgan fingerprint density at radius 3 is 3.00 bits per heavy atom. The first-order valence-electron chi connectivity index (χ1n) is 9.42. The zero-order valence-corrected chi connectivity index (χ0v) is 15.8. The number of halogens is 1. The molecule has 2 heterocycles. The lowest BCUT2D eigenvalue weighted by molar-refractivity contribution is -0.0172. The Hall–Kier alpha value is -1.90. The maximum absolute atomic E-state index is 13.8. The monoisotopic (exact) mass is 381 g/mol. The molecule has 0 amide bonds. The third kappa shape index (κ3) is 6.05. The van der Waals surface area contributed by atoms with Crippen molar-refractivity contribution in [2.75, 3.05) is 46.8 Å². The van der Waals surface area contributed by atoms with Crippen LogP contribution in [0, 0.1) is 5.82 Å². The molecule has 2 aliphatic heterocycles. The Morgan fingerprint density at radius 2 is 2.19 bits per heavy atom. The van der Waals surface area contributed by atoms with E-state index in [9.17, 15) is 4.39 Å². The molecule has 150 valence electrons. The molecule has 8 heteroatoms. The minimum absolute atomic E-state index is 0.206. The van der Waals surface area contributed by atoms with E-state index in [1.165, 1.54) is 12.1 Å². The number of rotatable bonds is 8. The summed E-state index contributed by atoms with van der Waals surface area (Å²) in [6.07, 6.45) is 2.75. The highest BCUT2D eigenvalue weighted by atomic mass is 19.1. The van der Waals surface area contributed by atoms with Crippen molar-refractivity contribution in [3.8, 4) is 5.75 Å². The summed E-state index contributed by atoms with van der Waals surface area (Å²) in [5.41, 5.74) is 1.59. The molecule has 1 unspecified atom stereocenters. The number of guanidine groups is 1. The molecule has 0 aliphatic carbocycles. The predicted molar refractivity (Wildman–Crippen MR) is 99.5 cm³/mol. The zero-order chi connectivity index (χ0) is 18.9. The van der Waals surface area contributed by atoms with Crippen LogP contribution in [0.3, 0.4) is 0 Å². The predicted octanol–water partition coefficient (Wildman–Crippen LogP) is 1.60. The van der Waals surface area contributed by atoms with Gasteiger partial charge in [0.1, 0.15) is 11.6 Å². The first kappa shape index (κ1) is 19.9. The average molecular weight is 381 g/mol. The molecule has 1 saturated heterocycles. The van der Waals surface area contributed by atoms with Gasteiger partial charge in [-0.1, -0.05) is 0 Å². The molecule has 1 fully saturated rings. The van der Waals surface area contributed by atoms with E-state index < -0.39 is 0 Å². The molecule has 27 heavy (non-hydrogen) atoms. The second kappa shape index (κ2) is 10.4. The van der Waals surface area contributed by atoms with Gasteiger partial charge >= 0.3 is 0 Å². The van der Waals surface area contributed by atoms with Crippen LogP contribution in [0.15, 0.2) is 17.1 Å². The molecule has 1 aromatic carbocycles. The fourth-order valence-electron chi connectivity index (χ4n) is 3.15. The highest BCUT2D eigenvalue weighted by Crippen LogP contribution is 2.29. The molecule has 1 aromatic rings. The Kier molecular flexibility index (Phi) is 7.67. The lowest BCUT2D eigenvalue weighted by Crippen LogP contribution is -2.39. The van der Waals surface area contributed by atoms with Gasteiger partial charge in [-0.15, -0.1) is 0 Å². The van der Waals surface area contributed by atoms with Crippen molar-refractivity contribution >= 4 is 5.96 Å². The number of hydrogen-bond acceptors (Lipinski definition) is 5. The van der Waals surface area contributed by atoms with Crippen LogP contribution in [0.2, 0.25) is 0 Å². The smallest absolute Gasteiger partial charge is 0.190 e. The van der Waals surface area contributed by atoms with Gasteiger partial charge in [-0.25, -0.2) is 4.39 Å². The van der Waals surface area contributed by atoms with Crippen LogP contribution in [-0.4, -0.2) is 58.8 Å². The summed E-state index contributed by atoms with van der Waals surface area (Å²) >= 11 is 0. The summed E-state index contributed by atoms with van der Waals surface area (Å²) in [5, 5.41) is 6.50. The summed E-state index contributed by atoms with van der Waals surface area (Å²) < 4.78 is 35.5. The molecule has 0 bridgehead atoms. The van der Waals surface area contributed by atoms with Crippen molar-refractivity contribution in [1.29, 1.82) is 0 Å². The van der Waals surface area contributed by atoms with Gasteiger partial charge < -0.3 is 29.6 Å². The highest BCUT2D eigenvalue weighted by Gasteiger charge is 2.17. The van der Waals surface area contributed by atoms with Crippen LogP contribution < -0.4 is 15.4 Å². The standard InChI is InChI=1S/C19H28FN3O4/c1-21-19(22-5-2-7-26-17-4-8-24-12-17)23-6-3-14-9-16(20)10-15-11-25-13-27-18(14)15/h9-10,17H,2-8,11-13H2,1H3,(H2,21,22,23). The second-order valence-corrected chi connectivity index (χ2v) is 6.55. The number of nitrogens with zero attached hydrogens (tertiary/aromatic N) is 1. The maximum atomic E-state index is 13.8. The van der Waals surface area contributed by atoms with Crippen LogP contribution in [0.1, 0.15) is 24.0 Å². The molecular weight excluding hydrogens is 353 g/mol. The number of hydrogen-bond donors (Lipinski definition) is 2. The lowest BCUT2D eigenvalue weighted by Gasteiger charge is -2.21. The molecule has 0 radical (unpaired) electrons. The van der Waals surface area contributed by atoms with Crippen molar-refractivity contribution in [1.82, 2.24) is 10.6 Å². The SMILES string of the molecule is CN=C(NCCCOC1CCOC1)NCCc1cc(F)cc2c1OCOC2. The summed E-state index contributed by atoms with van der Waals surface area (Å²) in [6.45, 7) is 4.18. The largest absolute Gasteiger partial charge is 0.467 e. The Morgan fingerprint density at radius 1 is 1.30 bits per heavy atom. The van der Waals surface area contributed by atoms with Crippen LogP contribution >= 0.6 is 0 Å². The molecule has 7 nitrogen and oxygen atoms in total. The van der Waals surface area contributed by atoms with Gasteiger partial charge in [-0.05, 0) is 37.0 Å². The van der Waals surface area contributed by atoms with Gasteiger partial charge in [0.15, 0.2) is 12.8 Å². The molecular formula is C19H28FN3O4. The van der Waals surface area contributed by atoms with E-state index in [0.29, 0.717) is 38.7 Å². The number of benzene rings is 1. The fourth-order valence-corrected chi connectivity index (χ4v) is 3.15. The maximum Gasteiger partial charge on any atom is 0.190 e. The summed E-state index contributed by atoms with van der Waals surface area (Å²) in [6, 6.07) is 2.98. The van der Waals surface area contributed by atoms with Gasteiger partial charge in [-0.3, -0.25) is 4.99 Å². The van der Waals surface area contributed by atoms with Crippen molar-refractivity contribution in [2.45, 2.75) is 32.0 Å². The molecule has 0 spiro atoms. The van der Waals surface area contributed by atoms with E-state index in [1.54, 1.807) is 7.05 Å². The molecule has 1 atom stereocenters. The van der Waals surface area contributed by atoms with Crippen molar-refractivity contribution in [3.05, 3.63) is 29.1 Å². The molecule has 2 N–H and O–H groups in total. The fraction of sp³-hybridized carbons (Fsp3) is 0.632. The molecule has 2 aliphatic rings. The van der Waals surface area contributed by atoms with Crippen molar-refractivity contribution < 1.29 is 23.3 Å². The van der Waals surface area contributed by atoms with E-state index >= 15 is 0 Å². The summed E-state index contributed by atoms with van der Waals surface area (Å²) in [7, 11) is 1.73. The quantitative estimate of drug-likeness (QED) is 0.405. The van der Waals surface area contributed by atoms with E-state index in [0.717, 1.165) is 42.9 Å². The van der Waals surface area contributed by atoms with Gasteiger partial charge in [0.2, 0.25) is 0 Å². The third-order valence-electron chi connectivity index (χ3n) is 4.52. The Balaban J connectivity index is 1.36. The summed E-state index contributed by atoms with van der Waals surface area (Å²) in [5.74, 6) is 1.18. The number of ether oxygens (including phenoxy) is 4. The van der Waals surface area contributed by atoms with Gasteiger partial charge in [0.05, 0.1) is 19.3 Å². The Bertz CT molecular complexity index is 636.